The fourth-order valence-electron chi connectivity index (χ4n) is 1.27. The summed E-state index contributed by atoms with van der Waals surface area (Å²) in [6.45, 7) is 0. The lowest BCUT2D eigenvalue weighted by Gasteiger charge is -1.95. The minimum absolute atomic E-state index is 0.438. The van der Waals surface area contributed by atoms with E-state index in [4.69, 9.17) is 16.1 Å². The Morgan fingerprint density at radius 1 is 1.38 bits per heavy atom. The van der Waals surface area contributed by atoms with Crippen LogP contribution in [0.2, 0.25) is 5.15 Å². The number of aromatic nitrogens is 3. The molecule has 0 unspecified atom stereocenters. The fourth-order valence-corrected chi connectivity index (χ4v) is 1.49. The van der Waals surface area contributed by atoms with E-state index in [-0.39, 0.29) is 0 Å². The summed E-state index contributed by atoms with van der Waals surface area (Å²) in [5.41, 5.74) is 0.488. The Kier molecular flexibility index (Phi) is 1.35. The number of nitrogens with zero attached hydrogens (tertiary/aromatic N) is 3. The molecule has 3 rings (SSSR count). The maximum absolute atomic E-state index is 5.92. The van der Waals surface area contributed by atoms with Crippen LogP contribution in [0.4, 0.5) is 0 Å². The van der Waals surface area contributed by atoms with Crippen molar-refractivity contribution in [2.45, 2.75) is 18.8 Å². The number of hydrogen-bond acceptors (Lipinski definition) is 4. The second kappa shape index (κ2) is 2.42. The fraction of sp³-hybridized carbons (Fsp3) is 0.375. The van der Waals surface area contributed by atoms with E-state index in [0.29, 0.717) is 22.2 Å². The molecule has 2 heterocycles. The standard InChI is InChI=1S/C8H6ClN3O/c9-6-5-3-10-13-8(5)12-7(11-6)4-1-2-4/h3-4H,1-2H2. The summed E-state index contributed by atoms with van der Waals surface area (Å²) in [5.74, 6) is 1.27. The molecule has 0 aromatic carbocycles. The Balaban J connectivity index is 2.27. The van der Waals surface area contributed by atoms with Gasteiger partial charge in [-0.1, -0.05) is 16.8 Å². The molecule has 1 aliphatic carbocycles. The normalized spacial score (nSPS) is 16.7. The van der Waals surface area contributed by atoms with E-state index in [1.54, 1.807) is 0 Å². The Hall–Kier alpha value is -1.16. The van der Waals surface area contributed by atoms with Crippen LogP contribution in [0, 0.1) is 0 Å². The summed E-state index contributed by atoms with van der Waals surface area (Å²) in [4.78, 5) is 8.42. The van der Waals surface area contributed by atoms with Gasteiger partial charge in [-0.2, -0.15) is 4.98 Å². The van der Waals surface area contributed by atoms with Gasteiger partial charge < -0.3 is 4.52 Å². The lowest BCUT2D eigenvalue weighted by molar-refractivity contribution is 0.447. The van der Waals surface area contributed by atoms with Gasteiger partial charge >= 0.3 is 0 Å². The second-order valence-electron chi connectivity index (χ2n) is 3.19. The van der Waals surface area contributed by atoms with E-state index in [1.165, 1.54) is 6.20 Å². The van der Waals surface area contributed by atoms with E-state index >= 15 is 0 Å². The zero-order chi connectivity index (χ0) is 8.84. The van der Waals surface area contributed by atoms with Crippen molar-refractivity contribution in [2.24, 2.45) is 0 Å². The van der Waals surface area contributed by atoms with Crippen LogP contribution in [0.5, 0.6) is 0 Å². The molecule has 0 aliphatic heterocycles. The minimum atomic E-state index is 0.438. The van der Waals surface area contributed by atoms with Crippen molar-refractivity contribution >= 4 is 22.7 Å². The monoisotopic (exact) mass is 195 g/mol. The van der Waals surface area contributed by atoms with Crippen LogP contribution in [0.3, 0.4) is 0 Å². The third kappa shape index (κ3) is 1.09. The molecule has 66 valence electrons. The van der Waals surface area contributed by atoms with Crippen molar-refractivity contribution in [2.75, 3.05) is 0 Å². The zero-order valence-corrected chi connectivity index (χ0v) is 7.45. The first kappa shape index (κ1) is 7.26. The molecule has 1 aliphatic rings. The summed E-state index contributed by atoms with van der Waals surface area (Å²) in [6.07, 6.45) is 3.83. The van der Waals surface area contributed by atoms with Crippen LogP contribution in [0.15, 0.2) is 10.7 Å². The molecule has 0 spiro atoms. The topological polar surface area (TPSA) is 51.8 Å². The van der Waals surface area contributed by atoms with Crippen molar-refractivity contribution in [3.8, 4) is 0 Å². The molecule has 1 fully saturated rings. The SMILES string of the molecule is Clc1nc(C2CC2)nc2oncc12. The quantitative estimate of drug-likeness (QED) is 0.655. The van der Waals surface area contributed by atoms with Crippen molar-refractivity contribution in [3.05, 3.63) is 17.2 Å². The molecule has 0 atom stereocenters. The number of rotatable bonds is 1. The highest BCUT2D eigenvalue weighted by Crippen LogP contribution is 2.39. The van der Waals surface area contributed by atoms with E-state index < -0.39 is 0 Å². The van der Waals surface area contributed by atoms with Crippen molar-refractivity contribution in [1.29, 1.82) is 0 Å². The second-order valence-corrected chi connectivity index (χ2v) is 3.55. The average molecular weight is 196 g/mol. The van der Waals surface area contributed by atoms with Gasteiger partial charge in [0.15, 0.2) is 0 Å². The van der Waals surface area contributed by atoms with Gasteiger partial charge in [-0.3, -0.25) is 0 Å². The van der Waals surface area contributed by atoms with E-state index in [0.717, 1.165) is 18.7 Å². The molecule has 0 radical (unpaired) electrons. The van der Waals surface area contributed by atoms with Crippen LogP contribution < -0.4 is 0 Å². The van der Waals surface area contributed by atoms with Gasteiger partial charge in [0.05, 0.1) is 11.6 Å². The van der Waals surface area contributed by atoms with Gasteiger partial charge in [0.2, 0.25) is 0 Å². The van der Waals surface area contributed by atoms with Crippen LogP contribution in [-0.4, -0.2) is 15.1 Å². The Bertz CT molecular complexity index is 463. The average Bonchev–Trinajstić information content (AvgIpc) is 2.85. The lowest BCUT2D eigenvalue weighted by Crippen LogP contribution is -1.92. The summed E-state index contributed by atoms with van der Waals surface area (Å²) in [5, 5.41) is 4.75. The largest absolute Gasteiger partial charge is 0.336 e. The molecule has 0 N–H and O–H groups in total. The third-order valence-electron chi connectivity index (χ3n) is 2.14. The van der Waals surface area contributed by atoms with Crippen LogP contribution >= 0.6 is 11.6 Å². The molecule has 0 amide bonds. The van der Waals surface area contributed by atoms with Gasteiger partial charge in [0.1, 0.15) is 11.0 Å². The molecule has 13 heavy (non-hydrogen) atoms. The van der Waals surface area contributed by atoms with E-state index in [1.807, 2.05) is 0 Å². The molecule has 1 saturated carbocycles. The Morgan fingerprint density at radius 3 is 3.00 bits per heavy atom. The predicted octanol–water partition coefficient (Wildman–Crippen LogP) is 2.15. The van der Waals surface area contributed by atoms with Gasteiger partial charge in [0, 0.05) is 5.92 Å². The summed E-state index contributed by atoms with van der Waals surface area (Å²) in [7, 11) is 0. The zero-order valence-electron chi connectivity index (χ0n) is 6.70. The highest BCUT2D eigenvalue weighted by molar-refractivity contribution is 6.33. The number of fused-ring (bicyclic) bond motifs is 1. The first-order valence-electron chi connectivity index (χ1n) is 4.12. The van der Waals surface area contributed by atoms with Crippen LogP contribution in [0.1, 0.15) is 24.6 Å². The molecular formula is C8H6ClN3O. The maximum Gasteiger partial charge on any atom is 0.262 e. The van der Waals surface area contributed by atoms with Gasteiger partial charge in [-0.25, -0.2) is 4.98 Å². The molecule has 4 nitrogen and oxygen atoms in total. The molecule has 0 saturated heterocycles. The number of halogens is 1. The van der Waals surface area contributed by atoms with Gasteiger partial charge in [-0.15, -0.1) is 0 Å². The predicted molar refractivity (Wildman–Crippen MR) is 46.6 cm³/mol. The molecular weight excluding hydrogens is 190 g/mol. The smallest absolute Gasteiger partial charge is 0.262 e. The van der Waals surface area contributed by atoms with E-state index in [2.05, 4.69) is 15.1 Å². The molecule has 2 aromatic heterocycles. The number of hydrogen-bond donors (Lipinski definition) is 0. The minimum Gasteiger partial charge on any atom is -0.336 e. The van der Waals surface area contributed by atoms with Gasteiger partial charge in [0.25, 0.3) is 5.71 Å². The van der Waals surface area contributed by atoms with Crippen LogP contribution in [-0.2, 0) is 0 Å². The summed E-state index contributed by atoms with van der Waals surface area (Å²) < 4.78 is 4.93. The van der Waals surface area contributed by atoms with Crippen LogP contribution in [0.25, 0.3) is 11.1 Å². The Morgan fingerprint density at radius 2 is 2.23 bits per heavy atom. The lowest BCUT2D eigenvalue weighted by atomic mass is 10.3. The van der Waals surface area contributed by atoms with Crippen molar-refractivity contribution < 1.29 is 4.52 Å². The third-order valence-corrected chi connectivity index (χ3v) is 2.43. The van der Waals surface area contributed by atoms with Gasteiger partial charge in [-0.05, 0) is 12.8 Å². The van der Waals surface area contributed by atoms with Crippen molar-refractivity contribution in [3.63, 3.8) is 0 Å². The summed E-state index contributed by atoms with van der Waals surface area (Å²) >= 11 is 5.92. The molecule has 0 bridgehead atoms. The van der Waals surface area contributed by atoms with E-state index in [9.17, 15) is 0 Å². The maximum atomic E-state index is 5.92. The highest BCUT2D eigenvalue weighted by Gasteiger charge is 2.28. The molecule has 5 heteroatoms. The Labute approximate surface area is 78.9 Å². The molecule has 2 aromatic rings. The first-order valence-corrected chi connectivity index (χ1v) is 4.50. The summed E-state index contributed by atoms with van der Waals surface area (Å²) in [6, 6.07) is 0. The first-order chi connectivity index (χ1) is 6.34. The highest BCUT2D eigenvalue weighted by atomic mass is 35.5. The van der Waals surface area contributed by atoms with Crippen molar-refractivity contribution in [1.82, 2.24) is 15.1 Å².